The van der Waals surface area contributed by atoms with Crippen LogP contribution in [0.1, 0.15) is 32.1 Å². The minimum Gasteiger partial charge on any atom is -0.370 e. The monoisotopic (exact) mass is 431 g/mol. The Morgan fingerprint density at radius 3 is 2.50 bits per heavy atom. The van der Waals surface area contributed by atoms with Gasteiger partial charge in [0.05, 0.1) is 4.90 Å². The number of piperidine rings is 1. The highest BCUT2D eigenvalue weighted by Gasteiger charge is 2.30. The van der Waals surface area contributed by atoms with Gasteiger partial charge >= 0.3 is 0 Å². The lowest BCUT2D eigenvalue weighted by atomic mass is 10.1. The van der Waals surface area contributed by atoms with Gasteiger partial charge in [-0.1, -0.05) is 36.4 Å². The van der Waals surface area contributed by atoms with Crippen LogP contribution in [0.2, 0.25) is 0 Å². The summed E-state index contributed by atoms with van der Waals surface area (Å²) in [4.78, 5) is 19.0. The van der Waals surface area contributed by atoms with E-state index in [1.165, 1.54) is 0 Å². The van der Waals surface area contributed by atoms with Gasteiger partial charge in [0.25, 0.3) is 0 Å². The van der Waals surface area contributed by atoms with Gasteiger partial charge in [-0.2, -0.15) is 4.72 Å². The summed E-state index contributed by atoms with van der Waals surface area (Å²) in [6.07, 6.45) is 3.75. The maximum Gasteiger partial charge on any atom is 0.241 e. The number of likely N-dealkylation sites (tertiary alicyclic amines) is 1. The van der Waals surface area contributed by atoms with Crippen molar-refractivity contribution in [2.75, 3.05) is 19.6 Å². The third kappa shape index (κ3) is 5.48. The normalized spacial score (nSPS) is 15.7. The van der Waals surface area contributed by atoms with E-state index in [0.717, 1.165) is 24.6 Å². The van der Waals surface area contributed by atoms with Crippen LogP contribution in [0.15, 0.2) is 52.4 Å². The number of carbonyl (C=O) groups excluding carboxylic acids is 1. The molecule has 0 aromatic heterocycles. The van der Waals surface area contributed by atoms with Crippen LogP contribution < -0.4 is 16.2 Å². The number of nitrogens with one attached hydrogen (secondary N) is 1. The molecule has 5 N–H and O–H groups in total. The van der Waals surface area contributed by atoms with Crippen molar-refractivity contribution >= 4 is 32.7 Å². The van der Waals surface area contributed by atoms with Crippen LogP contribution >= 0.6 is 0 Å². The van der Waals surface area contributed by atoms with E-state index in [1.807, 2.05) is 18.2 Å². The minimum absolute atomic E-state index is 0.0229. The molecule has 0 spiro atoms. The summed E-state index contributed by atoms with van der Waals surface area (Å²) in [6, 6.07) is 11.6. The molecule has 1 fully saturated rings. The number of carbonyl (C=O) groups is 1. The van der Waals surface area contributed by atoms with Crippen LogP contribution in [0.5, 0.6) is 0 Å². The van der Waals surface area contributed by atoms with E-state index >= 15 is 0 Å². The number of rotatable bonds is 8. The molecule has 1 aliphatic rings. The van der Waals surface area contributed by atoms with Crippen molar-refractivity contribution in [3.8, 4) is 0 Å². The second-order valence-corrected chi connectivity index (χ2v) is 9.17. The van der Waals surface area contributed by atoms with Crippen molar-refractivity contribution in [1.82, 2.24) is 9.62 Å². The van der Waals surface area contributed by atoms with Gasteiger partial charge < -0.3 is 16.4 Å². The fourth-order valence-electron chi connectivity index (χ4n) is 3.75. The molecule has 2 aromatic rings. The number of amides is 1. The summed E-state index contributed by atoms with van der Waals surface area (Å²) in [5, 5.41) is 1.45. The highest BCUT2D eigenvalue weighted by molar-refractivity contribution is 7.89. The van der Waals surface area contributed by atoms with Gasteiger partial charge in [0.2, 0.25) is 15.9 Å². The molecule has 0 aliphatic carbocycles. The molecule has 0 unspecified atom stereocenters. The molecule has 1 heterocycles. The molecule has 1 saturated heterocycles. The summed E-state index contributed by atoms with van der Waals surface area (Å²) >= 11 is 0. The molecule has 1 aliphatic heterocycles. The molecule has 2 aromatic carbocycles. The number of hydrogen-bond acceptors (Lipinski definition) is 4. The first-order chi connectivity index (χ1) is 14.4. The molecule has 0 radical (unpaired) electrons. The lowest BCUT2D eigenvalue weighted by Gasteiger charge is -2.30. The Hall–Kier alpha value is -2.65. The van der Waals surface area contributed by atoms with E-state index < -0.39 is 16.1 Å². The van der Waals surface area contributed by atoms with Crippen molar-refractivity contribution in [3.05, 3.63) is 42.5 Å². The summed E-state index contributed by atoms with van der Waals surface area (Å²) in [7, 11) is -3.91. The molecule has 0 saturated carbocycles. The Bertz CT molecular complexity index is 1010. The van der Waals surface area contributed by atoms with Crippen LogP contribution in [-0.4, -0.2) is 50.9 Å². The summed E-state index contributed by atoms with van der Waals surface area (Å²) in [6.45, 7) is 1.64. The van der Waals surface area contributed by atoms with Crippen molar-refractivity contribution in [2.24, 2.45) is 16.5 Å². The largest absolute Gasteiger partial charge is 0.370 e. The van der Waals surface area contributed by atoms with Gasteiger partial charge in [-0.25, -0.2) is 8.42 Å². The minimum atomic E-state index is -3.91. The molecule has 3 rings (SSSR count). The number of sulfonamides is 1. The third-order valence-corrected chi connectivity index (χ3v) is 6.78. The smallest absolute Gasteiger partial charge is 0.241 e. The Morgan fingerprint density at radius 1 is 1.07 bits per heavy atom. The van der Waals surface area contributed by atoms with E-state index in [-0.39, 0.29) is 16.8 Å². The van der Waals surface area contributed by atoms with Crippen molar-refractivity contribution in [1.29, 1.82) is 0 Å². The molecular weight excluding hydrogens is 402 g/mol. The van der Waals surface area contributed by atoms with Gasteiger partial charge in [-0.05, 0) is 43.6 Å². The Morgan fingerprint density at radius 2 is 1.77 bits per heavy atom. The van der Waals surface area contributed by atoms with Crippen molar-refractivity contribution in [3.63, 3.8) is 0 Å². The van der Waals surface area contributed by atoms with Gasteiger partial charge in [0.15, 0.2) is 5.96 Å². The fraction of sp³-hybridized carbons (Fsp3) is 0.429. The Labute approximate surface area is 177 Å². The highest BCUT2D eigenvalue weighted by Crippen LogP contribution is 2.23. The van der Waals surface area contributed by atoms with E-state index in [2.05, 4.69) is 9.71 Å². The molecule has 8 nitrogen and oxygen atoms in total. The second-order valence-electron chi connectivity index (χ2n) is 7.49. The van der Waals surface area contributed by atoms with Crippen LogP contribution in [0, 0.1) is 0 Å². The highest BCUT2D eigenvalue weighted by atomic mass is 32.2. The number of nitrogens with zero attached hydrogens (tertiary/aromatic N) is 2. The average Bonchev–Trinajstić information content (AvgIpc) is 2.75. The third-order valence-electron chi connectivity index (χ3n) is 5.25. The van der Waals surface area contributed by atoms with E-state index in [4.69, 9.17) is 11.5 Å². The summed E-state index contributed by atoms with van der Waals surface area (Å²) in [5.41, 5.74) is 10.7. The van der Waals surface area contributed by atoms with E-state index in [9.17, 15) is 13.2 Å². The quantitative estimate of drug-likeness (QED) is 0.332. The van der Waals surface area contributed by atoms with E-state index in [1.54, 1.807) is 29.2 Å². The Balaban J connectivity index is 1.84. The molecular formula is C21H29N5O3S. The van der Waals surface area contributed by atoms with Crippen molar-refractivity contribution in [2.45, 2.75) is 43.0 Å². The number of benzene rings is 2. The lowest BCUT2D eigenvalue weighted by molar-refractivity contribution is -0.134. The maximum absolute atomic E-state index is 13.2. The van der Waals surface area contributed by atoms with Crippen molar-refractivity contribution < 1.29 is 13.2 Å². The Kier molecular flexibility index (Phi) is 7.28. The number of fused-ring (bicyclic) bond motifs is 1. The van der Waals surface area contributed by atoms with Gasteiger partial charge in [-0.3, -0.25) is 9.79 Å². The SMILES string of the molecule is NC(N)=NCCC[C@H](NS(=O)(=O)c1cccc2ccccc12)C(=O)N1CCCCC1. The number of nitrogens with two attached hydrogens (primary N) is 2. The first kappa shape index (κ1) is 22.0. The first-order valence-corrected chi connectivity index (χ1v) is 11.7. The van der Waals surface area contributed by atoms with Gasteiger partial charge in [0.1, 0.15) is 6.04 Å². The average molecular weight is 432 g/mol. The van der Waals surface area contributed by atoms with Crippen LogP contribution in [-0.2, 0) is 14.8 Å². The van der Waals surface area contributed by atoms with Crippen LogP contribution in [0.4, 0.5) is 0 Å². The zero-order valence-electron chi connectivity index (χ0n) is 17.0. The first-order valence-electron chi connectivity index (χ1n) is 10.2. The van der Waals surface area contributed by atoms with Gasteiger partial charge in [0, 0.05) is 25.0 Å². The summed E-state index contributed by atoms with van der Waals surface area (Å²) in [5.74, 6) is -0.214. The zero-order chi connectivity index (χ0) is 21.6. The zero-order valence-corrected chi connectivity index (χ0v) is 17.8. The van der Waals surface area contributed by atoms with Crippen LogP contribution in [0.3, 0.4) is 0 Å². The fourth-order valence-corrected chi connectivity index (χ4v) is 5.21. The topological polar surface area (TPSA) is 131 Å². The van der Waals surface area contributed by atoms with Crippen LogP contribution in [0.25, 0.3) is 10.8 Å². The molecule has 9 heteroatoms. The van der Waals surface area contributed by atoms with E-state index in [0.29, 0.717) is 37.9 Å². The molecule has 1 amide bonds. The molecule has 1 atom stereocenters. The molecule has 30 heavy (non-hydrogen) atoms. The van der Waals surface area contributed by atoms with Gasteiger partial charge in [-0.15, -0.1) is 0 Å². The predicted octanol–water partition coefficient (Wildman–Crippen LogP) is 1.55. The maximum atomic E-state index is 13.2. The summed E-state index contributed by atoms with van der Waals surface area (Å²) < 4.78 is 29.1. The molecule has 0 bridgehead atoms. The predicted molar refractivity (Wildman–Crippen MR) is 118 cm³/mol. The number of guanidine groups is 1. The standard InChI is InChI=1S/C21H29N5O3S/c22-21(23)24-13-7-11-18(20(27)26-14-4-1-5-15-26)25-30(28,29)19-12-6-9-16-8-2-3-10-17(16)19/h2-3,6,8-10,12,18,25H,1,4-5,7,11,13-15H2,(H4,22,23,24)/t18-/m0/s1. The lowest BCUT2D eigenvalue weighted by Crippen LogP contribution is -2.50. The molecule has 162 valence electrons. The number of aliphatic imine (C=N–C) groups is 1. The second kappa shape index (κ2) is 9.90. The number of hydrogen-bond donors (Lipinski definition) is 3.